The second kappa shape index (κ2) is 5.75. The number of nitrogens with one attached hydrogen (secondary N) is 1. The molecule has 1 amide bonds. The van der Waals surface area contributed by atoms with Crippen LogP contribution >= 0.6 is 0 Å². The number of carbonyl (C=O) groups is 1. The highest BCUT2D eigenvalue weighted by Gasteiger charge is 2.33. The summed E-state index contributed by atoms with van der Waals surface area (Å²) in [7, 11) is 0. The molecular formula is C14H21N5O. The molecule has 2 saturated heterocycles. The van der Waals surface area contributed by atoms with Gasteiger partial charge in [0.25, 0.3) is 0 Å². The van der Waals surface area contributed by atoms with Crippen LogP contribution in [-0.2, 0) is 4.79 Å². The predicted octanol–water partition coefficient (Wildman–Crippen LogP) is 0.123. The first-order valence-corrected chi connectivity index (χ1v) is 7.29. The van der Waals surface area contributed by atoms with Crippen molar-refractivity contribution in [2.24, 2.45) is 5.92 Å². The number of carbonyl (C=O) groups excluding carboxylic acids is 1. The van der Waals surface area contributed by atoms with Crippen molar-refractivity contribution in [3.05, 3.63) is 18.6 Å². The van der Waals surface area contributed by atoms with Crippen LogP contribution in [-0.4, -0.2) is 59.5 Å². The lowest BCUT2D eigenvalue weighted by Gasteiger charge is -2.36. The Bertz CT molecular complexity index is 458. The minimum absolute atomic E-state index is 0.151. The van der Waals surface area contributed by atoms with Crippen molar-refractivity contribution in [3.8, 4) is 0 Å². The Balaban J connectivity index is 1.57. The molecule has 6 heteroatoms. The second-order valence-corrected chi connectivity index (χ2v) is 5.51. The molecule has 0 aliphatic carbocycles. The van der Waals surface area contributed by atoms with Crippen molar-refractivity contribution in [1.29, 1.82) is 0 Å². The SMILES string of the molecule is CC1NCCC1C(=O)N1CCN(c2cnccn2)CC1. The van der Waals surface area contributed by atoms with Crippen molar-refractivity contribution >= 4 is 11.7 Å². The van der Waals surface area contributed by atoms with Gasteiger partial charge >= 0.3 is 0 Å². The van der Waals surface area contributed by atoms with Crippen molar-refractivity contribution in [1.82, 2.24) is 20.2 Å². The molecule has 2 fully saturated rings. The largest absolute Gasteiger partial charge is 0.352 e. The molecule has 2 aliphatic heterocycles. The molecule has 6 nitrogen and oxygen atoms in total. The van der Waals surface area contributed by atoms with Gasteiger partial charge < -0.3 is 15.1 Å². The average Bonchev–Trinajstić information content (AvgIpc) is 2.94. The molecule has 0 radical (unpaired) electrons. The van der Waals surface area contributed by atoms with Crippen molar-refractivity contribution < 1.29 is 4.79 Å². The summed E-state index contributed by atoms with van der Waals surface area (Å²) in [5.74, 6) is 1.36. The molecule has 1 N–H and O–H groups in total. The maximum atomic E-state index is 12.5. The maximum Gasteiger partial charge on any atom is 0.227 e. The van der Waals surface area contributed by atoms with E-state index in [9.17, 15) is 4.79 Å². The normalized spacial score (nSPS) is 26.9. The Labute approximate surface area is 119 Å². The van der Waals surface area contributed by atoms with Crippen LogP contribution in [0.15, 0.2) is 18.6 Å². The third kappa shape index (κ3) is 2.60. The zero-order chi connectivity index (χ0) is 13.9. The molecule has 0 saturated carbocycles. The predicted molar refractivity (Wildman–Crippen MR) is 76.4 cm³/mol. The maximum absolute atomic E-state index is 12.5. The molecule has 0 bridgehead atoms. The quantitative estimate of drug-likeness (QED) is 0.831. The highest BCUT2D eigenvalue weighted by Crippen LogP contribution is 2.20. The number of piperazine rings is 1. The Kier molecular flexibility index (Phi) is 3.82. The third-order valence-corrected chi connectivity index (χ3v) is 4.31. The zero-order valence-electron chi connectivity index (χ0n) is 11.8. The number of amides is 1. The fourth-order valence-corrected chi connectivity index (χ4v) is 3.04. The fraction of sp³-hybridized carbons (Fsp3) is 0.643. The van der Waals surface area contributed by atoms with Crippen LogP contribution in [0.3, 0.4) is 0 Å². The summed E-state index contributed by atoms with van der Waals surface area (Å²) in [5, 5.41) is 3.35. The third-order valence-electron chi connectivity index (χ3n) is 4.31. The highest BCUT2D eigenvalue weighted by atomic mass is 16.2. The van der Waals surface area contributed by atoms with Gasteiger partial charge in [0.15, 0.2) is 0 Å². The molecule has 2 aliphatic rings. The van der Waals surface area contributed by atoms with Gasteiger partial charge in [0, 0.05) is 44.6 Å². The summed E-state index contributed by atoms with van der Waals surface area (Å²) in [4.78, 5) is 25.1. The Morgan fingerprint density at radius 1 is 1.30 bits per heavy atom. The summed E-state index contributed by atoms with van der Waals surface area (Å²) >= 11 is 0. The first kappa shape index (κ1) is 13.3. The van der Waals surface area contributed by atoms with E-state index in [2.05, 4.69) is 27.1 Å². The molecule has 1 aromatic heterocycles. The van der Waals surface area contributed by atoms with Crippen molar-refractivity contribution in [2.45, 2.75) is 19.4 Å². The lowest BCUT2D eigenvalue weighted by atomic mass is 10.00. The van der Waals surface area contributed by atoms with Gasteiger partial charge in [0.05, 0.1) is 12.1 Å². The second-order valence-electron chi connectivity index (χ2n) is 5.51. The topological polar surface area (TPSA) is 61.4 Å². The molecule has 3 rings (SSSR count). The van der Waals surface area contributed by atoms with Crippen LogP contribution in [0.2, 0.25) is 0 Å². The first-order valence-electron chi connectivity index (χ1n) is 7.29. The number of anilines is 1. The van der Waals surface area contributed by atoms with Gasteiger partial charge in [-0.1, -0.05) is 0 Å². The van der Waals surface area contributed by atoms with Crippen LogP contribution in [0.1, 0.15) is 13.3 Å². The summed E-state index contributed by atoms with van der Waals surface area (Å²) in [6, 6.07) is 0.306. The minimum Gasteiger partial charge on any atom is -0.352 e. The highest BCUT2D eigenvalue weighted by molar-refractivity contribution is 5.80. The van der Waals surface area contributed by atoms with Crippen LogP contribution < -0.4 is 10.2 Å². The van der Waals surface area contributed by atoms with E-state index >= 15 is 0 Å². The van der Waals surface area contributed by atoms with Crippen molar-refractivity contribution in [3.63, 3.8) is 0 Å². The molecule has 3 heterocycles. The Morgan fingerprint density at radius 3 is 2.70 bits per heavy atom. The van der Waals surface area contributed by atoms with Gasteiger partial charge in [-0.2, -0.15) is 0 Å². The van der Waals surface area contributed by atoms with Crippen molar-refractivity contribution in [2.75, 3.05) is 37.6 Å². The number of rotatable bonds is 2. The molecule has 1 aromatic rings. The van der Waals surface area contributed by atoms with E-state index in [1.807, 2.05) is 4.90 Å². The molecule has 20 heavy (non-hydrogen) atoms. The van der Waals surface area contributed by atoms with Gasteiger partial charge in [-0.05, 0) is 19.9 Å². The summed E-state index contributed by atoms with van der Waals surface area (Å²) in [6.07, 6.45) is 6.13. The van der Waals surface area contributed by atoms with Gasteiger partial charge in [0.2, 0.25) is 5.91 Å². The molecule has 108 valence electrons. The van der Waals surface area contributed by atoms with Crippen LogP contribution in [0.25, 0.3) is 0 Å². The smallest absolute Gasteiger partial charge is 0.227 e. The van der Waals surface area contributed by atoms with E-state index in [1.165, 1.54) is 0 Å². The number of nitrogens with zero attached hydrogens (tertiary/aromatic N) is 4. The molecule has 0 aromatic carbocycles. The monoisotopic (exact) mass is 275 g/mol. The standard InChI is InChI=1S/C14H21N5O/c1-11-12(2-3-16-11)14(20)19-8-6-18(7-9-19)13-10-15-4-5-17-13/h4-5,10-12,16H,2-3,6-9H2,1H3. The van der Waals surface area contributed by atoms with Crippen LogP contribution in [0, 0.1) is 5.92 Å². The lowest BCUT2D eigenvalue weighted by Crippen LogP contribution is -2.51. The van der Waals surface area contributed by atoms with E-state index in [0.717, 1.165) is 45.0 Å². The molecule has 2 unspecified atom stereocenters. The van der Waals surface area contributed by atoms with Gasteiger partial charge in [-0.25, -0.2) is 4.98 Å². The van der Waals surface area contributed by atoms with E-state index in [0.29, 0.717) is 11.9 Å². The fourth-order valence-electron chi connectivity index (χ4n) is 3.04. The van der Waals surface area contributed by atoms with E-state index in [1.54, 1.807) is 18.6 Å². The summed E-state index contributed by atoms with van der Waals surface area (Å²) in [6.45, 7) is 6.28. The number of aromatic nitrogens is 2. The Hall–Kier alpha value is -1.69. The molecule has 0 spiro atoms. The number of hydrogen-bond acceptors (Lipinski definition) is 5. The van der Waals surface area contributed by atoms with E-state index < -0.39 is 0 Å². The summed E-state index contributed by atoms with van der Waals surface area (Å²) in [5.41, 5.74) is 0. The number of hydrogen-bond donors (Lipinski definition) is 1. The van der Waals surface area contributed by atoms with E-state index in [4.69, 9.17) is 0 Å². The van der Waals surface area contributed by atoms with Gasteiger partial charge in [-0.15, -0.1) is 0 Å². The molecular weight excluding hydrogens is 254 g/mol. The zero-order valence-corrected chi connectivity index (χ0v) is 11.8. The van der Waals surface area contributed by atoms with E-state index in [-0.39, 0.29) is 5.92 Å². The molecule has 2 atom stereocenters. The van der Waals surface area contributed by atoms with Crippen LogP contribution in [0.4, 0.5) is 5.82 Å². The summed E-state index contributed by atoms with van der Waals surface area (Å²) < 4.78 is 0. The minimum atomic E-state index is 0.151. The van der Waals surface area contributed by atoms with Gasteiger partial charge in [0.1, 0.15) is 5.82 Å². The first-order chi connectivity index (χ1) is 9.75. The average molecular weight is 275 g/mol. The Morgan fingerprint density at radius 2 is 2.10 bits per heavy atom. The lowest BCUT2D eigenvalue weighted by molar-refractivity contribution is -0.136. The van der Waals surface area contributed by atoms with Gasteiger partial charge in [-0.3, -0.25) is 9.78 Å². The van der Waals surface area contributed by atoms with Crippen LogP contribution in [0.5, 0.6) is 0 Å².